The maximum absolute atomic E-state index is 12.6. The van der Waals surface area contributed by atoms with Crippen LogP contribution in [-0.4, -0.2) is 39.5 Å². The van der Waals surface area contributed by atoms with Gasteiger partial charge in [0.2, 0.25) is 5.91 Å². The Hall–Kier alpha value is -2.64. The summed E-state index contributed by atoms with van der Waals surface area (Å²) in [4.78, 5) is 36.1. The van der Waals surface area contributed by atoms with Crippen molar-refractivity contribution in [2.75, 3.05) is 11.1 Å². The molecule has 1 unspecified atom stereocenters. The average molecular weight is 441 g/mol. The summed E-state index contributed by atoms with van der Waals surface area (Å²) in [5, 5.41) is 4.09. The first-order valence-corrected chi connectivity index (χ1v) is 11.1. The molecule has 1 atom stereocenters. The van der Waals surface area contributed by atoms with Gasteiger partial charge in [-0.1, -0.05) is 54.9 Å². The number of hydrogen-bond donors (Lipinski definition) is 1. The number of thioether (sulfide) groups is 1. The number of hydrogen-bond acceptors (Lipinski definition) is 5. The number of para-hydroxylation sites is 1. The Morgan fingerprint density at radius 3 is 2.83 bits per heavy atom. The standard InChI is InChI=1S/C22H21ClN4O2S/c1-3-6-18-21(29)26-20-15-7-4-5-8-16(15)25-22(27(18)20)30-12-19(28)24-17-11-14(23)10-9-13(17)2/h4-5,7-11,18H,3,6,12H2,1-2H3,(H,24,28). The van der Waals surface area contributed by atoms with Crippen molar-refractivity contribution in [1.82, 2.24) is 4.90 Å². The molecule has 0 aliphatic carbocycles. The normalized spacial score (nSPS) is 17.2. The van der Waals surface area contributed by atoms with Crippen LogP contribution in [0.3, 0.4) is 0 Å². The quantitative estimate of drug-likeness (QED) is 0.726. The molecule has 1 N–H and O–H groups in total. The van der Waals surface area contributed by atoms with Crippen molar-refractivity contribution in [2.24, 2.45) is 9.98 Å². The lowest BCUT2D eigenvalue weighted by molar-refractivity contribution is -0.119. The molecule has 2 aliphatic rings. The topological polar surface area (TPSA) is 74.1 Å². The zero-order chi connectivity index (χ0) is 21.3. The first kappa shape index (κ1) is 20.6. The van der Waals surface area contributed by atoms with Crippen LogP contribution in [0.1, 0.15) is 30.9 Å². The van der Waals surface area contributed by atoms with Gasteiger partial charge in [0.1, 0.15) is 11.9 Å². The van der Waals surface area contributed by atoms with Crippen molar-refractivity contribution in [3.8, 4) is 0 Å². The summed E-state index contributed by atoms with van der Waals surface area (Å²) in [7, 11) is 0. The molecule has 6 nitrogen and oxygen atoms in total. The number of carbonyl (C=O) groups is 2. The summed E-state index contributed by atoms with van der Waals surface area (Å²) in [6.07, 6.45) is 1.53. The fraction of sp³-hybridized carbons (Fsp3) is 0.273. The van der Waals surface area contributed by atoms with Gasteiger partial charge in [0, 0.05) is 16.3 Å². The number of aliphatic imine (C=N–C) groups is 2. The molecule has 2 aromatic rings. The highest BCUT2D eigenvalue weighted by Crippen LogP contribution is 2.35. The van der Waals surface area contributed by atoms with Crippen LogP contribution in [0.5, 0.6) is 0 Å². The third-order valence-electron chi connectivity index (χ3n) is 4.98. The summed E-state index contributed by atoms with van der Waals surface area (Å²) in [6.45, 7) is 3.95. The molecule has 8 heteroatoms. The molecule has 2 amide bonds. The maximum Gasteiger partial charge on any atom is 0.270 e. The first-order chi connectivity index (χ1) is 14.5. The van der Waals surface area contributed by atoms with Crippen LogP contribution in [-0.2, 0) is 9.59 Å². The molecule has 0 saturated heterocycles. The van der Waals surface area contributed by atoms with Crippen LogP contribution in [0.2, 0.25) is 5.02 Å². The van der Waals surface area contributed by atoms with E-state index in [1.165, 1.54) is 11.8 Å². The summed E-state index contributed by atoms with van der Waals surface area (Å²) in [5.41, 5.74) is 3.22. The average Bonchev–Trinajstić information content (AvgIpc) is 3.06. The van der Waals surface area contributed by atoms with E-state index in [0.29, 0.717) is 28.1 Å². The van der Waals surface area contributed by atoms with Gasteiger partial charge in [-0.3, -0.25) is 14.5 Å². The molecular weight excluding hydrogens is 420 g/mol. The van der Waals surface area contributed by atoms with Crippen molar-refractivity contribution in [1.29, 1.82) is 0 Å². The zero-order valence-corrected chi connectivity index (χ0v) is 18.3. The predicted octanol–water partition coefficient (Wildman–Crippen LogP) is 4.78. The van der Waals surface area contributed by atoms with Gasteiger partial charge in [-0.15, -0.1) is 0 Å². The van der Waals surface area contributed by atoms with Gasteiger partial charge in [0.15, 0.2) is 5.17 Å². The van der Waals surface area contributed by atoms with E-state index in [1.807, 2.05) is 49.1 Å². The molecule has 0 spiro atoms. The lowest BCUT2D eigenvalue weighted by atomic mass is 10.1. The summed E-state index contributed by atoms with van der Waals surface area (Å²) >= 11 is 7.34. The molecule has 30 heavy (non-hydrogen) atoms. The summed E-state index contributed by atoms with van der Waals surface area (Å²) in [5.74, 6) is 0.459. The minimum Gasteiger partial charge on any atom is -0.325 e. The number of amides is 2. The number of anilines is 1. The molecule has 4 rings (SSSR count). The number of benzene rings is 2. The van der Waals surface area contributed by atoms with Gasteiger partial charge in [0.25, 0.3) is 5.91 Å². The van der Waals surface area contributed by atoms with Crippen LogP contribution in [0.25, 0.3) is 0 Å². The molecule has 0 bridgehead atoms. The van der Waals surface area contributed by atoms with E-state index in [2.05, 4.69) is 10.3 Å². The number of amidine groups is 2. The van der Waals surface area contributed by atoms with E-state index in [0.717, 1.165) is 23.2 Å². The number of rotatable bonds is 5. The number of nitrogens with zero attached hydrogens (tertiary/aromatic N) is 3. The van der Waals surface area contributed by atoms with E-state index in [-0.39, 0.29) is 23.6 Å². The van der Waals surface area contributed by atoms with E-state index >= 15 is 0 Å². The van der Waals surface area contributed by atoms with Gasteiger partial charge in [-0.05, 0) is 43.2 Å². The number of fused-ring (bicyclic) bond motifs is 3. The highest BCUT2D eigenvalue weighted by atomic mass is 35.5. The van der Waals surface area contributed by atoms with Crippen LogP contribution >= 0.6 is 23.4 Å². The van der Waals surface area contributed by atoms with Gasteiger partial charge in [-0.25, -0.2) is 4.99 Å². The third kappa shape index (κ3) is 4.00. The van der Waals surface area contributed by atoms with Crippen molar-refractivity contribution < 1.29 is 9.59 Å². The Kier molecular flexibility index (Phi) is 5.92. The lowest BCUT2D eigenvalue weighted by Gasteiger charge is -2.30. The second kappa shape index (κ2) is 8.62. The Balaban J connectivity index is 1.56. The minimum absolute atomic E-state index is 0.157. The van der Waals surface area contributed by atoms with Crippen LogP contribution in [0.4, 0.5) is 11.4 Å². The summed E-state index contributed by atoms with van der Waals surface area (Å²) < 4.78 is 0. The van der Waals surface area contributed by atoms with Gasteiger partial charge >= 0.3 is 0 Å². The third-order valence-corrected chi connectivity index (χ3v) is 6.16. The van der Waals surface area contributed by atoms with E-state index in [9.17, 15) is 9.59 Å². The monoisotopic (exact) mass is 440 g/mol. The van der Waals surface area contributed by atoms with Gasteiger partial charge < -0.3 is 5.32 Å². The fourth-order valence-corrected chi connectivity index (χ4v) is 4.52. The van der Waals surface area contributed by atoms with Crippen molar-refractivity contribution >= 4 is 57.6 Å². The first-order valence-electron chi connectivity index (χ1n) is 9.76. The predicted molar refractivity (Wildman–Crippen MR) is 123 cm³/mol. The Bertz CT molecular complexity index is 1080. The number of halogens is 1. The van der Waals surface area contributed by atoms with E-state index in [1.54, 1.807) is 12.1 Å². The highest BCUT2D eigenvalue weighted by molar-refractivity contribution is 8.14. The molecule has 154 valence electrons. The largest absolute Gasteiger partial charge is 0.325 e. The van der Waals surface area contributed by atoms with E-state index < -0.39 is 0 Å². The van der Waals surface area contributed by atoms with Gasteiger partial charge in [0.05, 0.1) is 11.4 Å². The molecule has 2 heterocycles. The zero-order valence-electron chi connectivity index (χ0n) is 16.7. The maximum atomic E-state index is 12.6. The Labute approximate surface area is 184 Å². The molecule has 0 saturated carbocycles. The molecule has 2 aromatic carbocycles. The Morgan fingerprint density at radius 2 is 2.03 bits per heavy atom. The second-order valence-electron chi connectivity index (χ2n) is 7.16. The Morgan fingerprint density at radius 1 is 1.23 bits per heavy atom. The van der Waals surface area contributed by atoms with Gasteiger partial charge in [-0.2, -0.15) is 4.99 Å². The fourth-order valence-electron chi connectivity index (χ4n) is 3.49. The van der Waals surface area contributed by atoms with Crippen LogP contribution < -0.4 is 5.32 Å². The highest BCUT2D eigenvalue weighted by Gasteiger charge is 2.41. The molecule has 2 aliphatic heterocycles. The number of aryl methyl sites for hydroxylation is 1. The van der Waals surface area contributed by atoms with Crippen LogP contribution in [0, 0.1) is 6.92 Å². The molecular formula is C22H21ClN4O2S. The SMILES string of the molecule is CCCC1C(=O)N=C2c3ccccc3N=C(SCC(=O)Nc3cc(Cl)ccc3C)N21. The van der Waals surface area contributed by atoms with E-state index in [4.69, 9.17) is 16.6 Å². The molecule has 0 radical (unpaired) electrons. The number of nitrogens with one attached hydrogen (secondary N) is 1. The minimum atomic E-state index is -0.372. The summed E-state index contributed by atoms with van der Waals surface area (Å²) in [6, 6.07) is 12.6. The van der Waals surface area contributed by atoms with Crippen molar-refractivity contribution in [3.05, 3.63) is 58.6 Å². The molecule has 0 aromatic heterocycles. The van der Waals surface area contributed by atoms with Crippen molar-refractivity contribution in [3.63, 3.8) is 0 Å². The number of carbonyl (C=O) groups excluding carboxylic acids is 2. The lowest BCUT2D eigenvalue weighted by Crippen LogP contribution is -2.43. The second-order valence-corrected chi connectivity index (χ2v) is 8.53. The van der Waals surface area contributed by atoms with Crippen LogP contribution in [0.15, 0.2) is 52.4 Å². The van der Waals surface area contributed by atoms with Crippen molar-refractivity contribution in [2.45, 2.75) is 32.7 Å². The smallest absolute Gasteiger partial charge is 0.270 e. The molecule has 0 fully saturated rings.